The summed E-state index contributed by atoms with van der Waals surface area (Å²) in [7, 11) is 1.27. The van der Waals surface area contributed by atoms with Crippen molar-refractivity contribution < 1.29 is 17.9 Å². The van der Waals surface area contributed by atoms with Crippen LogP contribution in [0.3, 0.4) is 0 Å². The van der Waals surface area contributed by atoms with Crippen molar-refractivity contribution >= 4 is 16.1 Å². The van der Waals surface area contributed by atoms with Crippen LogP contribution in [-0.2, 0) is 15.0 Å². The third kappa shape index (κ3) is 4.55. The van der Waals surface area contributed by atoms with E-state index in [0.717, 1.165) is 16.9 Å². The second kappa shape index (κ2) is 8.37. The molecule has 0 unspecified atom stereocenters. The molecule has 1 saturated heterocycles. The number of aryl methyl sites for hydroxylation is 1. The molecule has 1 heterocycles. The minimum absolute atomic E-state index is 0.0205. The van der Waals surface area contributed by atoms with E-state index in [1.54, 1.807) is 7.11 Å². The lowest BCUT2D eigenvalue weighted by Crippen LogP contribution is -2.47. The first-order valence-electron chi connectivity index (χ1n) is 8.79. The van der Waals surface area contributed by atoms with Crippen LogP contribution >= 0.6 is 0 Å². The predicted molar refractivity (Wildman–Crippen MR) is 101 cm³/mol. The lowest BCUT2D eigenvalue weighted by Gasteiger charge is -2.32. The standard InChI is InChI=1S/C18H29N3O4S/c1-13-12-16(6-7-17(13)25-5)14(2)19-18(22)15-8-10-21(11-9-15)26(23,24)20(3)4/h6-7,12,14-15H,8-11H2,1-5H3,(H,19,22)/t14-/m0/s1. The van der Waals surface area contributed by atoms with Crippen molar-refractivity contribution in [2.75, 3.05) is 34.3 Å². The Kier molecular flexibility index (Phi) is 6.65. The van der Waals surface area contributed by atoms with Crippen molar-refractivity contribution in [3.8, 4) is 5.75 Å². The van der Waals surface area contributed by atoms with Gasteiger partial charge in [0.2, 0.25) is 5.91 Å². The van der Waals surface area contributed by atoms with E-state index in [4.69, 9.17) is 4.74 Å². The van der Waals surface area contributed by atoms with Crippen LogP contribution in [0.1, 0.15) is 36.9 Å². The molecule has 1 aliphatic rings. The molecule has 8 heteroatoms. The van der Waals surface area contributed by atoms with Crippen LogP contribution in [-0.4, -0.2) is 57.2 Å². The number of amides is 1. The van der Waals surface area contributed by atoms with Crippen LogP contribution in [0, 0.1) is 12.8 Å². The molecule has 0 saturated carbocycles. The zero-order valence-corrected chi connectivity index (χ0v) is 17.0. The number of hydrogen-bond donors (Lipinski definition) is 1. The number of nitrogens with one attached hydrogen (secondary N) is 1. The Balaban J connectivity index is 1.94. The molecule has 7 nitrogen and oxygen atoms in total. The average Bonchev–Trinajstić information content (AvgIpc) is 2.61. The Labute approximate surface area is 156 Å². The minimum Gasteiger partial charge on any atom is -0.496 e. The average molecular weight is 384 g/mol. The molecule has 1 N–H and O–H groups in total. The van der Waals surface area contributed by atoms with Crippen LogP contribution in [0.5, 0.6) is 5.75 Å². The highest BCUT2D eigenvalue weighted by molar-refractivity contribution is 7.86. The molecule has 1 atom stereocenters. The summed E-state index contributed by atoms with van der Waals surface area (Å²) in [6.45, 7) is 4.66. The SMILES string of the molecule is COc1ccc([C@H](C)NC(=O)C2CCN(S(=O)(=O)N(C)C)CC2)cc1C. The highest BCUT2D eigenvalue weighted by atomic mass is 32.2. The van der Waals surface area contributed by atoms with Crippen molar-refractivity contribution in [1.29, 1.82) is 0 Å². The summed E-state index contributed by atoms with van der Waals surface area (Å²) >= 11 is 0. The van der Waals surface area contributed by atoms with Gasteiger partial charge in [-0.05, 0) is 43.9 Å². The summed E-state index contributed by atoms with van der Waals surface area (Å²) in [4.78, 5) is 12.6. The van der Waals surface area contributed by atoms with Crippen molar-refractivity contribution in [1.82, 2.24) is 13.9 Å². The molecular formula is C18H29N3O4S. The Bertz CT molecular complexity index is 741. The molecule has 1 aromatic carbocycles. The van der Waals surface area contributed by atoms with Gasteiger partial charge < -0.3 is 10.1 Å². The van der Waals surface area contributed by atoms with Gasteiger partial charge in [-0.3, -0.25) is 4.79 Å². The van der Waals surface area contributed by atoms with Crippen LogP contribution in [0.4, 0.5) is 0 Å². The van der Waals surface area contributed by atoms with Gasteiger partial charge in [0.05, 0.1) is 13.2 Å². The lowest BCUT2D eigenvalue weighted by molar-refractivity contribution is -0.126. The van der Waals surface area contributed by atoms with Gasteiger partial charge in [-0.2, -0.15) is 17.0 Å². The number of ether oxygens (including phenoxy) is 1. The smallest absolute Gasteiger partial charge is 0.281 e. The van der Waals surface area contributed by atoms with E-state index in [-0.39, 0.29) is 17.9 Å². The highest BCUT2D eigenvalue weighted by Gasteiger charge is 2.32. The fourth-order valence-electron chi connectivity index (χ4n) is 3.17. The molecule has 0 radical (unpaired) electrons. The van der Waals surface area contributed by atoms with Gasteiger partial charge in [0.1, 0.15) is 5.75 Å². The molecule has 0 aromatic heterocycles. The molecule has 1 aromatic rings. The third-order valence-corrected chi connectivity index (χ3v) is 6.83. The molecule has 0 aliphatic carbocycles. The monoisotopic (exact) mass is 383 g/mol. The van der Waals surface area contributed by atoms with E-state index < -0.39 is 10.2 Å². The van der Waals surface area contributed by atoms with Crippen LogP contribution in [0.2, 0.25) is 0 Å². The first-order chi connectivity index (χ1) is 12.2. The number of methoxy groups -OCH3 is 1. The summed E-state index contributed by atoms with van der Waals surface area (Å²) in [6.07, 6.45) is 1.07. The number of nitrogens with zero attached hydrogens (tertiary/aromatic N) is 2. The highest BCUT2D eigenvalue weighted by Crippen LogP contribution is 2.24. The van der Waals surface area contributed by atoms with Gasteiger partial charge >= 0.3 is 0 Å². The molecule has 0 spiro atoms. The van der Waals surface area contributed by atoms with E-state index in [9.17, 15) is 13.2 Å². The number of carbonyl (C=O) groups excluding carboxylic acids is 1. The van der Waals surface area contributed by atoms with Crippen LogP contribution in [0.25, 0.3) is 0 Å². The van der Waals surface area contributed by atoms with Crippen molar-refractivity contribution in [2.45, 2.75) is 32.7 Å². The quantitative estimate of drug-likeness (QED) is 0.811. The molecule has 1 fully saturated rings. The summed E-state index contributed by atoms with van der Waals surface area (Å²) in [6, 6.07) is 5.74. The normalized spacial score (nSPS) is 17.9. The topological polar surface area (TPSA) is 79.0 Å². The second-order valence-corrected chi connectivity index (χ2v) is 9.07. The molecule has 26 heavy (non-hydrogen) atoms. The summed E-state index contributed by atoms with van der Waals surface area (Å²) in [5.41, 5.74) is 2.04. The largest absolute Gasteiger partial charge is 0.496 e. The first-order valence-corrected chi connectivity index (χ1v) is 10.2. The minimum atomic E-state index is -3.40. The van der Waals surface area contributed by atoms with Gasteiger partial charge in [0.15, 0.2) is 0 Å². The molecule has 146 valence electrons. The Morgan fingerprint density at radius 3 is 2.42 bits per heavy atom. The fraction of sp³-hybridized carbons (Fsp3) is 0.611. The number of carbonyl (C=O) groups is 1. The van der Waals surface area contributed by atoms with Gasteiger partial charge in [0, 0.05) is 33.1 Å². The van der Waals surface area contributed by atoms with E-state index in [0.29, 0.717) is 25.9 Å². The zero-order chi connectivity index (χ0) is 19.5. The van der Waals surface area contributed by atoms with Gasteiger partial charge in [0.25, 0.3) is 10.2 Å². The van der Waals surface area contributed by atoms with Gasteiger partial charge in [-0.25, -0.2) is 0 Å². The predicted octanol–water partition coefficient (Wildman–Crippen LogP) is 1.70. The fourth-order valence-corrected chi connectivity index (χ4v) is 4.30. The van der Waals surface area contributed by atoms with E-state index in [2.05, 4.69) is 5.32 Å². The molecular weight excluding hydrogens is 354 g/mol. The van der Waals surface area contributed by atoms with Crippen LogP contribution < -0.4 is 10.1 Å². The van der Waals surface area contributed by atoms with Gasteiger partial charge in [-0.15, -0.1) is 0 Å². The van der Waals surface area contributed by atoms with Gasteiger partial charge in [-0.1, -0.05) is 12.1 Å². The van der Waals surface area contributed by atoms with Crippen molar-refractivity contribution in [2.24, 2.45) is 5.92 Å². The van der Waals surface area contributed by atoms with E-state index in [1.807, 2.05) is 32.0 Å². The second-order valence-electron chi connectivity index (χ2n) is 6.92. The van der Waals surface area contributed by atoms with Crippen molar-refractivity contribution in [3.05, 3.63) is 29.3 Å². The Morgan fingerprint density at radius 1 is 1.31 bits per heavy atom. The number of benzene rings is 1. The maximum atomic E-state index is 12.6. The maximum absolute atomic E-state index is 12.6. The number of hydrogen-bond acceptors (Lipinski definition) is 4. The van der Waals surface area contributed by atoms with Crippen LogP contribution in [0.15, 0.2) is 18.2 Å². The summed E-state index contributed by atoms with van der Waals surface area (Å²) in [5.74, 6) is 0.639. The summed E-state index contributed by atoms with van der Waals surface area (Å²) < 4.78 is 32.2. The molecule has 0 bridgehead atoms. The lowest BCUT2D eigenvalue weighted by atomic mass is 9.96. The first kappa shape index (κ1) is 20.7. The Morgan fingerprint density at radius 2 is 1.92 bits per heavy atom. The van der Waals surface area contributed by atoms with Crippen molar-refractivity contribution in [3.63, 3.8) is 0 Å². The number of rotatable bonds is 6. The summed E-state index contributed by atoms with van der Waals surface area (Å²) in [5, 5.41) is 3.05. The van der Waals surface area contributed by atoms with E-state index >= 15 is 0 Å². The molecule has 2 rings (SSSR count). The Hall–Kier alpha value is -1.64. The third-order valence-electron chi connectivity index (χ3n) is 4.89. The van der Waals surface area contributed by atoms with E-state index in [1.165, 1.54) is 22.7 Å². The molecule has 1 amide bonds. The molecule has 1 aliphatic heterocycles. The maximum Gasteiger partial charge on any atom is 0.281 e. The number of piperidine rings is 1. The zero-order valence-electron chi connectivity index (χ0n) is 16.2.